The molecular weight excluding hydrogens is 262 g/mol. The number of hydrogen-bond acceptors (Lipinski definition) is 5. The Labute approximate surface area is 116 Å². The lowest BCUT2D eigenvalue weighted by atomic mass is 9.97. The molecule has 3 N–H and O–H groups in total. The van der Waals surface area contributed by atoms with E-state index in [1.807, 2.05) is 6.92 Å². The summed E-state index contributed by atoms with van der Waals surface area (Å²) in [4.78, 5) is 36.8. The summed E-state index contributed by atoms with van der Waals surface area (Å²) in [5.41, 5.74) is 5.46. The number of hydrogen-bond donors (Lipinski definition) is 2. The van der Waals surface area contributed by atoms with Crippen LogP contribution in [0.2, 0.25) is 0 Å². The Kier molecular flexibility index (Phi) is 3.78. The molecule has 0 spiro atoms. The van der Waals surface area contributed by atoms with Crippen LogP contribution in [0.4, 0.5) is 0 Å². The van der Waals surface area contributed by atoms with E-state index in [4.69, 9.17) is 10.5 Å². The number of nitrogens with zero attached hydrogens (tertiary/aromatic N) is 1. The maximum Gasteiger partial charge on any atom is 0.337 e. The number of primary amides is 1. The molecule has 2 amide bonds. The summed E-state index contributed by atoms with van der Waals surface area (Å²) in [5.74, 6) is -1.34. The average molecular weight is 279 g/mol. The van der Waals surface area contributed by atoms with Gasteiger partial charge in [0.05, 0.1) is 12.2 Å². The van der Waals surface area contributed by atoms with E-state index >= 15 is 0 Å². The first kappa shape index (κ1) is 14.1. The van der Waals surface area contributed by atoms with Crippen LogP contribution in [-0.4, -0.2) is 35.3 Å². The van der Waals surface area contributed by atoms with Crippen molar-refractivity contribution in [1.29, 1.82) is 0 Å². The second-order valence-electron chi connectivity index (χ2n) is 4.68. The second kappa shape index (κ2) is 5.36. The lowest BCUT2D eigenvalue weighted by Gasteiger charge is -2.38. The van der Waals surface area contributed by atoms with Crippen molar-refractivity contribution in [3.05, 3.63) is 23.2 Å². The third-order valence-corrected chi connectivity index (χ3v) is 3.37. The van der Waals surface area contributed by atoms with Crippen molar-refractivity contribution in [3.63, 3.8) is 0 Å². The maximum absolute atomic E-state index is 12.3. The van der Waals surface area contributed by atoms with Gasteiger partial charge in [-0.3, -0.25) is 14.5 Å². The van der Waals surface area contributed by atoms with Crippen LogP contribution < -0.4 is 11.1 Å². The van der Waals surface area contributed by atoms with Gasteiger partial charge >= 0.3 is 5.97 Å². The van der Waals surface area contributed by atoms with Crippen molar-refractivity contribution >= 4 is 17.8 Å². The molecule has 0 bridgehead atoms. The topological polar surface area (TPSA) is 102 Å². The van der Waals surface area contributed by atoms with Crippen LogP contribution in [0, 0.1) is 0 Å². The molecule has 1 atom stereocenters. The third-order valence-electron chi connectivity index (χ3n) is 3.37. The Morgan fingerprint density at radius 1 is 1.55 bits per heavy atom. The fourth-order valence-electron chi connectivity index (χ4n) is 2.35. The van der Waals surface area contributed by atoms with Gasteiger partial charge < -0.3 is 15.8 Å². The first-order valence-corrected chi connectivity index (χ1v) is 6.47. The van der Waals surface area contributed by atoms with E-state index < -0.39 is 17.8 Å². The highest BCUT2D eigenvalue weighted by molar-refractivity contribution is 6.19. The van der Waals surface area contributed by atoms with Gasteiger partial charge in [-0.2, -0.15) is 0 Å². The number of nitrogens with two attached hydrogens (primary N) is 1. The summed E-state index contributed by atoms with van der Waals surface area (Å²) in [6.07, 6.45) is 2.39. The van der Waals surface area contributed by atoms with Crippen molar-refractivity contribution in [2.45, 2.75) is 32.7 Å². The molecule has 7 nitrogen and oxygen atoms in total. The van der Waals surface area contributed by atoms with Crippen LogP contribution in [-0.2, 0) is 19.1 Å². The minimum absolute atomic E-state index is 0.119. The Balaban J connectivity index is 2.44. The van der Waals surface area contributed by atoms with Crippen molar-refractivity contribution in [2.24, 2.45) is 5.73 Å². The quantitative estimate of drug-likeness (QED) is 0.547. The number of carbonyl (C=O) groups excluding carboxylic acids is 3. The SMILES string of the molecule is CCOC(=O)C1=C2NC=C(C(N)=O)C(=O)N2C(C)CC1. The third kappa shape index (κ3) is 2.26. The van der Waals surface area contributed by atoms with E-state index in [0.29, 0.717) is 24.2 Å². The number of fused-ring (bicyclic) bond motifs is 1. The van der Waals surface area contributed by atoms with E-state index in [0.717, 1.165) is 0 Å². The van der Waals surface area contributed by atoms with Gasteiger partial charge in [0.2, 0.25) is 0 Å². The number of amides is 2. The molecule has 0 radical (unpaired) electrons. The Morgan fingerprint density at radius 2 is 2.25 bits per heavy atom. The molecule has 0 saturated carbocycles. The van der Waals surface area contributed by atoms with E-state index in [2.05, 4.69) is 5.32 Å². The van der Waals surface area contributed by atoms with Crippen molar-refractivity contribution < 1.29 is 19.1 Å². The summed E-state index contributed by atoms with van der Waals surface area (Å²) < 4.78 is 4.99. The highest BCUT2D eigenvalue weighted by Gasteiger charge is 2.38. The lowest BCUT2D eigenvalue weighted by Crippen LogP contribution is -2.50. The minimum atomic E-state index is -0.794. The number of rotatable bonds is 3. The molecule has 20 heavy (non-hydrogen) atoms. The monoisotopic (exact) mass is 279 g/mol. The smallest absolute Gasteiger partial charge is 0.337 e. The number of carbonyl (C=O) groups is 3. The fourth-order valence-corrected chi connectivity index (χ4v) is 2.35. The van der Waals surface area contributed by atoms with Crippen molar-refractivity contribution in [1.82, 2.24) is 10.2 Å². The maximum atomic E-state index is 12.3. The summed E-state index contributed by atoms with van der Waals surface area (Å²) >= 11 is 0. The molecule has 1 unspecified atom stereocenters. The largest absolute Gasteiger partial charge is 0.463 e. The summed E-state index contributed by atoms with van der Waals surface area (Å²) in [5, 5.41) is 2.82. The van der Waals surface area contributed by atoms with Gasteiger partial charge in [-0.1, -0.05) is 0 Å². The normalized spacial score (nSPS) is 21.9. The Hall–Kier alpha value is -2.31. The van der Waals surface area contributed by atoms with Crippen LogP contribution >= 0.6 is 0 Å². The molecule has 0 fully saturated rings. The predicted molar refractivity (Wildman–Crippen MR) is 69.6 cm³/mol. The zero-order chi connectivity index (χ0) is 14.9. The molecule has 2 aliphatic rings. The second-order valence-corrected chi connectivity index (χ2v) is 4.68. The zero-order valence-electron chi connectivity index (χ0n) is 11.4. The average Bonchev–Trinajstić information content (AvgIpc) is 2.38. The minimum Gasteiger partial charge on any atom is -0.463 e. The Bertz CT molecular complexity index is 536. The molecule has 2 aliphatic heterocycles. The summed E-state index contributed by atoms with van der Waals surface area (Å²) in [6, 6.07) is -0.119. The first-order valence-electron chi connectivity index (χ1n) is 6.47. The van der Waals surface area contributed by atoms with E-state index in [1.165, 1.54) is 11.1 Å². The van der Waals surface area contributed by atoms with Gasteiger partial charge in [0.15, 0.2) is 0 Å². The molecule has 0 aromatic carbocycles. The number of esters is 1. The van der Waals surface area contributed by atoms with E-state index in [9.17, 15) is 14.4 Å². The highest BCUT2D eigenvalue weighted by Crippen LogP contribution is 2.29. The predicted octanol–water partition coefficient (Wildman–Crippen LogP) is -0.256. The Morgan fingerprint density at radius 3 is 2.85 bits per heavy atom. The molecule has 2 heterocycles. The number of ether oxygens (including phenoxy) is 1. The summed E-state index contributed by atoms with van der Waals surface area (Å²) in [7, 11) is 0. The number of nitrogens with one attached hydrogen (secondary N) is 1. The van der Waals surface area contributed by atoms with Crippen LogP contribution in [0.5, 0.6) is 0 Å². The summed E-state index contributed by atoms with van der Waals surface area (Å²) in [6.45, 7) is 3.84. The van der Waals surface area contributed by atoms with Crippen LogP contribution in [0.25, 0.3) is 0 Å². The first-order chi connectivity index (χ1) is 9.47. The molecule has 0 aromatic rings. The fraction of sp³-hybridized carbons (Fsp3) is 0.462. The zero-order valence-corrected chi connectivity index (χ0v) is 11.4. The molecule has 0 saturated heterocycles. The molecule has 7 heteroatoms. The van der Waals surface area contributed by atoms with Gasteiger partial charge in [-0.15, -0.1) is 0 Å². The van der Waals surface area contributed by atoms with Gasteiger partial charge in [-0.05, 0) is 26.7 Å². The van der Waals surface area contributed by atoms with Crippen molar-refractivity contribution in [2.75, 3.05) is 6.61 Å². The highest BCUT2D eigenvalue weighted by atomic mass is 16.5. The standard InChI is InChI=1S/C13H17N3O4/c1-3-20-13(19)8-5-4-7(2)16-11(8)15-6-9(10(14)17)12(16)18/h6-7,15H,3-5H2,1-2H3,(H2,14,17). The van der Waals surface area contributed by atoms with E-state index in [-0.39, 0.29) is 18.2 Å². The molecular formula is C13H17N3O4. The molecule has 108 valence electrons. The van der Waals surface area contributed by atoms with E-state index in [1.54, 1.807) is 6.92 Å². The van der Waals surface area contributed by atoms with Gasteiger partial charge in [0.1, 0.15) is 11.4 Å². The molecule has 0 aliphatic carbocycles. The lowest BCUT2D eigenvalue weighted by molar-refractivity contribution is -0.139. The van der Waals surface area contributed by atoms with Crippen LogP contribution in [0.15, 0.2) is 23.2 Å². The van der Waals surface area contributed by atoms with Crippen molar-refractivity contribution in [3.8, 4) is 0 Å². The van der Waals surface area contributed by atoms with Gasteiger partial charge in [-0.25, -0.2) is 4.79 Å². The van der Waals surface area contributed by atoms with Gasteiger partial charge in [0.25, 0.3) is 11.8 Å². The molecule has 2 rings (SSSR count). The van der Waals surface area contributed by atoms with Gasteiger partial charge in [0, 0.05) is 12.2 Å². The van der Waals surface area contributed by atoms with Crippen LogP contribution in [0.1, 0.15) is 26.7 Å². The van der Waals surface area contributed by atoms with Crippen LogP contribution in [0.3, 0.4) is 0 Å². The molecule has 0 aromatic heterocycles.